The van der Waals surface area contributed by atoms with Gasteiger partial charge in [-0.3, -0.25) is 14.4 Å². The molecule has 0 saturated heterocycles. The first-order chi connectivity index (χ1) is 11.5. The summed E-state index contributed by atoms with van der Waals surface area (Å²) in [7, 11) is 0. The highest BCUT2D eigenvalue weighted by atomic mass is 16.2. The average Bonchev–Trinajstić information content (AvgIpc) is 3.01. The van der Waals surface area contributed by atoms with Crippen LogP contribution in [0.15, 0.2) is 23.1 Å². The zero-order valence-corrected chi connectivity index (χ0v) is 14.5. The molecule has 1 aliphatic carbocycles. The fourth-order valence-corrected chi connectivity index (χ4v) is 3.31. The minimum absolute atomic E-state index is 0.0967. The molecule has 1 heterocycles. The van der Waals surface area contributed by atoms with Crippen LogP contribution in [-0.2, 0) is 16.1 Å². The van der Waals surface area contributed by atoms with Gasteiger partial charge in [-0.2, -0.15) is 0 Å². The van der Waals surface area contributed by atoms with Crippen molar-refractivity contribution in [2.45, 2.75) is 65.0 Å². The van der Waals surface area contributed by atoms with Crippen molar-refractivity contribution in [1.29, 1.82) is 0 Å². The van der Waals surface area contributed by atoms with Crippen molar-refractivity contribution in [3.8, 4) is 0 Å². The summed E-state index contributed by atoms with van der Waals surface area (Å²) < 4.78 is 1.48. The van der Waals surface area contributed by atoms with E-state index >= 15 is 0 Å². The van der Waals surface area contributed by atoms with Gasteiger partial charge in [0.05, 0.1) is 5.69 Å². The molecule has 0 unspecified atom stereocenters. The van der Waals surface area contributed by atoms with Gasteiger partial charge in [0.15, 0.2) is 0 Å². The number of unbranched alkanes of at least 4 members (excludes halogenated alkanes) is 1. The van der Waals surface area contributed by atoms with E-state index in [-0.39, 0.29) is 11.6 Å². The Balaban J connectivity index is 1.92. The lowest BCUT2D eigenvalue weighted by Crippen LogP contribution is -2.43. The quantitative estimate of drug-likeness (QED) is 0.784. The van der Waals surface area contributed by atoms with Gasteiger partial charge in [0.2, 0.25) is 0 Å². The summed E-state index contributed by atoms with van der Waals surface area (Å²) in [5.41, 5.74) is 0.315. The largest absolute Gasteiger partial charge is 0.345 e. The van der Waals surface area contributed by atoms with Gasteiger partial charge in [0, 0.05) is 24.8 Å². The number of hydrogen-bond acceptors (Lipinski definition) is 3. The normalized spacial score (nSPS) is 19.9. The summed E-state index contributed by atoms with van der Waals surface area (Å²) in [6, 6.07) is 2.99. The number of aromatic nitrogens is 1. The molecule has 2 amide bonds. The zero-order chi connectivity index (χ0) is 17.5. The zero-order valence-electron chi connectivity index (χ0n) is 14.5. The van der Waals surface area contributed by atoms with E-state index in [1.165, 1.54) is 16.7 Å². The number of amides is 2. The fourth-order valence-electron chi connectivity index (χ4n) is 3.31. The van der Waals surface area contributed by atoms with Crippen molar-refractivity contribution < 1.29 is 9.59 Å². The van der Waals surface area contributed by atoms with Gasteiger partial charge in [-0.15, -0.1) is 0 Å². The number of nitrogens with one attached hydrogen (secondary N) is 2. The Morgan fingerprint density at radius 3 is 2.71 bits per heavy atom. The smallest absolute Gasteiger partial charge is 0.313 e. The van der Waals surface area contributed by atoms with Gasteiger partial charge >= 0.3 is 11.8 Å². The van der Waals surface area contributed by atoms with Crippen LogP contribution < -0.4 is 16.2 Å². The Hall–Kier alpha value is -2.11. The van der Waals surface area contributed by atoms with Crippen molar-refractivity contribution in [2.24, 2.45) is 5.92 Å². The second kappa shape index (κ2) is 8.66. The summed E-state index contributed by atoms with van der Waals surface area (Å²) in [4.78, 5) is 35.8. The number of carbonyl (C=O) groups is 2. The first kappa shape index (κ1) is 18.2. The van der Waals surface area contributed by atoms with Crippen LogP contribution in [0.2, 0.25) is 0 Å². The van der Waals surface area contributed by atoms with Crippen LogP contribution in [0.3, 0.4) is 0 Å². The summed E-state index contributed by atoms with van der Waals surface area (Å²) in [6.45, 7) is 4.51. The van der Waals surface area contributed by atoms with Crippen LogP contribution >= 0.6 is 0 Å². The standard InChI is InChI=1S/C18H27N3O3/c1-3-5-7-13-8-6-9-15(13)20-18(24)17(23)19-14-10-11-16(22)21(4-2)12-14/h10-13,15H,3-9H2,1-2H3,(H,19,23)(H,20,24)/t13-,15+/m1/s1. The van der Waals surface area contributed by atoms with Crippen molar-refractivity contribution in [3.05, 3.63) is 28.7 Å². The molecule has 0 bridgehead atoms. The van der Waals surface area contributed by atoms with E-state index < -0.39 is 11.8 Å². The van der Waals surface area contributed by atoms with Gasteiger partial charge in [-0.05, 0) is 38.2 Å². The molecule has 132 valence electrons. The number of rotatable bonds is 6. The van der Waals surface area contributed by atoms with E-state index in [0.717, 1.165) is 38.5 Å². The van der Waals surface area contributed by atoms with E-state index in [9.17, 15) is 14.4 Å². The third-order valence-electron chi connectivity index (χ3n) is 4.69. The van der Waals surface area contributed by atoms with Crippen LogP contribution in [-0.4, -0.2) is 22.4 Å². The lowest BCUT2D eigenvalue weighted by molar-refractivity contribution is -0.136. The molecule has 1 fully saturated rings. The maximum Gasteiger partial charge on any atom is 0.313 e. The number of pyridine rings is 1. The summed E-state index contributed by atoms with van der Waals surface area (Å²) in [5.74, 6) is -0.807. The Morgan fingerprint density at radius 1 is 1.21 bits per heavy atom. The highest BCUT2D eigenvalue weighted by molar-refractivity contribution is 6.39. The third kappa shape index (κ3) is 4.69. The van der Waals surface area contributed by atoms with Gasteiger partial charge < -0.3 is 15.2 Å². The van der Waals surface area contributed by atoms with Crippen LogP contribution in [0.4, 0.5) is 5.69 Å². The van der Waals surface area contributed by atoms with E-state index in [0.29, 0.717) is 18.2 Å². The lowest BCUT2D eigenvalue weighted by atomic mass is 9.97. The molecule has 0 radical (unpaired) electrons. The third-order valence-corrected chi connectivity index (χ3v) is 4.69. The number of carbonyl (C=O) groups excluding carboxylic acids is 2. The molecule has 6 heteroatoms. The van der Waals surface area contributed by atoms with Gasteiger partial charge in [0.25, 0.3) is 5.56 Å². The molecule has 2 N–H and O–H groups in total. The molecule has 24 heavy (non-hydrogen) atoms. The number of anilines is 1. The van der Waals surface area contributed by atoms with Gasteiger partial charge in [0.1, 0.15) is 0 Å². The van der Waals surface area contributed by atoms with Crippen LogP contribution in [0.1, 0.15) is 52.4 Å². The van der Waals surface area contributed by atoms with E-state index in [4.69, 9.17) is 0 Å². The molecule has 1 aliphatic rings. The molecular weight excluding hydrogens is 306 g/mol. The molecule has 0 spiro atoms. The Bertz CT molecular complexity index is 639. The lowest BCUT2D eigenvalue weighted by Gasteiger charge is -2.20. The average molecular weight is 333 g/mol. The predicted molar refractivity (Wildman–Crippen MR) is 93.8 cm³/mol. The monoisotopic (exact) mass is 333 g/mol. The van der Waals surface area contributed by atoms with Crippen LogP contribution in [0.5, 0.6) is 0 Å². The minimum atomic E-state index is -0.683. The highest BCUT2D eigenvalue weighted by Gasteiger charge is 2.29. The van der Waals surface area contributed by atoms with Crippen LogP contribution in [0.25, 0.3) is 0 Å². The molecule has 2 atom stereocenters. The molecule has 0 aromatic carbocycles. The molecule has 1 aromatic rings. The van der Waals surface area contributed by atoms with Crippen molar-refractivity contribution in [1.82, 2.24) is 9.88 Å². The SMILES string of the molecule is CCCC[C@@H]1CCC[C@@H]1NC(=O)C(=O)Nc1ccc(=O)n(CC)c1. The maximum atomic E-state index is 12.2. The molecule has 6 nitrogen and oxygen atoms in total. The molecule has 0 aliphatic heterocycles. The molecular formula is C18H27N3O3. The highest BCUT2D eigenvalue weighted by Crippen LogP contribution is 2.29. The van der Waals surface area contributed by atoms with Crippen LogP contribution in [0, 0.1) is 5.92 Å². The number of nitrogens with zero attached hydrogens (tertiary/aromatic N) is 1. The van der Waals surface area contributed by atoms with Crippen molar-refractivity contribution in [2.75, 3.05) is 5.32 Å². The van der Waals surface area contributed by atoms with Gasteiger partial charge in [-0.1, -0.05) is 26.2 Å². The summed E-state index contributed by atoms with van der Waals surface area (Å²) in [6.07, 6.45) is 8.11. The predicted octanol–water partition coefficient (Wildman–Crippen LogP) is 2.28. The summed E-state index contributed by atoms with van der Waals surface area (Å²) >= 11 is 0. The van der Waals surface area contributed by atoms with E-state index in [1.54, 1.807) is 6.20 Å². The number of hydrogen-bond donors (Lipinski definition) is 2. The fraction of sp³-hybridized carbons (Fsp3) is 0.611. The Kier molecular flexibility index (Phi) is 6.58. The minimum Gasteiger partial charge on any atom is -0.345 e. The maximum absolute atomic E-state index is 12.2. The molecule has 1 aromatic heterocycles. The molecule has 2 rings (SSSR count). The van der Waals surface area contributed by atoms with E-state index in [2.05, 4.69) is 17.6 Å². The van der Waals surface area contributed by atoms with E-state index in [1.807, 2.05) is 6.92 Å². The Morgan fingerprint density at radius 2 is 2.00 bits per heavy atom. The first-order valence-electron chi connectivity index (χ1n) is 8.87. The molecule has 1 saturated carbocycles. The number of aryl methyl sites for hydroxylation is 1. The topological polar surface area (TPSA) is 80.2 Å². The summed E-state index contributed by atoms with van der Waals surface area (Å²) in [5, 5.41) is 5.44. The second-order valence-corrected chi connectivity index (χ2v) is 6.41. The van der Waals surface area contributed by atoms with Crippen molar-refractivity contribution in [3.63, 3.8) is 0 Å². The van der Waals surface area contributed by atoms with Gasteiger partial charge in [-0.25, -0.2) is 0 Å². The first-order valence-corrected chi connectivity index (χ1v) is 8.87. The Labute approximate surface area is 142 Å². The van der Waals surface area contributed by atoms with Crippen molar-refractivity contribution >= 4 is 17.5 Å². The second-order valence-electron chi connectivity index (χ2n) is 6.41.